The lowest BCUT2D eigenvalue weighted by Crippen LogP contribution is -2.27. The van der Waals surface area contributed by atoms with E-state index >= 15 is 0 Å². The number of thiol groups is 1. The van der Waals surface area contributed by atoms with Gasteiger partial charge in [0, 0.05) is 0 Å². The monoisotopic (exact) mass is 417 g/mol. The number of aromatic nitrogens is 1. The number of nitrogens with one attached hydrogen (secondary N) is 1. The smallest absolute Gasteiger partial charge is 0.417 e. The number of alkyl halides is 3. The second kappa shape index (κ2) is 7.20. The van der Waals surface area contributed by atoms with Crippen LogP contribution in [0.3, 0.4) is 0 Å². The summed E-state index contributed by atoms with van der Waals surface area (Å²) < 4.78 is 50.0. The van der Waals surface area contributed by atoms with Crippen LogP contribution in [0, 0.1) is 0 Å². The maximum Gasteiger partial charge on any atom is 0.417 e. The first kappa shape index (κ1) is 19.2. The van der Waals surface area contributed by atoms with E-state index in [1.165, 1.54) is 13.2 Å². The number of hydrogen-bond donors (Lipinski definition) is 2. The molecule has 0 bridgehead atoms. The van der Waals surface area contributed by atoms with Gasteiger partial charge in [-0.3, -0.25) is 5.32 Å². The first-order chi connectivity index (χ1) is 12.7. The van der Waals surface area contributed by atoms with Crippen molar-refractivity contribution in [2.24, 2.45) is 0 Å². The number of hydrogen-bond acceptors (Lipinski definition) is 5. The first-order valence-corrected chi connectivity index (χ1v) is 8.09. The highest BCUT2D eigenvalue weighted by molar-refractivity contribution is 7.82. The minimum Gasteiger partial charge on any atom is -0.496 e. The third kappa shape index (κ3) is 3.76. The van der Waals surface area contributed by atoms with Crippen molar-refractivity contribution < 1.29 is 27.2 Å². The van der Waals surface area contributed by atoms with Gasteiger partial charge in [-0.25, -0.2) is 9.10 Å². The molecule has 0 aliphatic rings. The molecule has 0 radical (unpaired) electrons. The second-order valence-corrected chi connectivity index (χ2v) is 6.08. The van der Waals surface area contributed by atoms with Crippen LogP contribution in [0.15, 0.2) is 40.9 Å². The van der Waals surface area contributed by atoms with Gasteiger partial charge in [-0.2, -0.15) is 13.2 Å². The Morgan fingerprint density at radius 2 is 2.07 bits per heavy atom. The average Bonchev–Trinajstić information content (AvgIpc) is 3.03. The van der Waals surface area contributed by atoms with Gasteiger partial charge in [-0.1, -0.05) is 35.6 Å². The summed E-state index contributed by atoms with van der Waals surface area (Å²) >= 11 is 9.55. The molecule has 1 N–H and O–H groups in total. The topological polar surface area (TPSA) is 67.6 Å². The van der Waals surface area contributed by atoms with Gasteiger partial charge < -0.3 is 9.26 Å². The van der Waals surface area contributed by atoms with Crippen molar-refractivity contribution in [2.45, 2.75) is 6.18 Å². The molecule has 27 heavy (non-hydrogen) atoms. The molecular weight excluding hydrogens is 407 g/mol. The molecule has 2 aromatic carbocycles. The van der Waals surface area contributed by atoms with Crippen LogP contribution in [0.25, 0.3) is 11.0 Å². The fourth-order valence-electron chi connectivity index (χ4n) is 2.35. The molecule has 3 aromatic rings. The molecule has 0 aliphatic carbocycles. The number of rotatable bonds is 3. The number of halogens is 4. The molecule has 142 valence electrons. The number of anilines is 2. The molecule has 0 unspecified atom stereocenters. The Morgan fingerprint density at radius 3 is 2.74 bits per heavy atom. The number of carbonyl (C=O) groups excluding carboxylic acids is 1. The molecule has 0 aliphatic heterocycles. The molecule has 6 nitrogen and oxygen atoms in total. The number of carbonyl (C=O) groups is 1. The molecule has 0 saturated heterocycles. The van der Waals surface area contributed by atoms with Crippen molar-refractivity contribution in [3.63, 3.8) is 0 Å². The summed E-state index contributed by atoms with van der Waals surface area (Å²) in [5, 5.41) is 6.08. The van der Waals surface area contributed by atoms with E-state index in [4.69, 9.17) is 20.9 Å². The van der Waals surface area contributed by atoms with E-state index in [2.05, 4.69) is 23.3 Å². The predicted octanol–water partition coefficient (Wildman–Crippen LogP) is 5.39. The largest absolute Gasteiger partial charge is 0.496 e. The van der Waals surface area contributed by atoms with Crippen LogP contribution >= 0.6 is 24.4 Å². The van der Waals surface area contributed by atoms with Crippen LogP contribution in [0.5, 0.6) is 5.75 Å². The van der Waals surface area contributed by atoms with E-state index in [0.29, 0.717) is 21.0 Å². The second-order valence-electron chi connectivity index (χ2n) is 5.27. The number of urea groups is 1. The summed E-state index contributed by atoms with van der Waals surface area (Å²) in [6, 6.07) is 7.06. The minimum atomic E-state index is -4.67. The van der Waals surface area contributed by atoms with Gasteiger partial charge in [0.05, 0.1) is 23.4 Å². The standard InChI is InChI=1S/C16H11ClF3N3O3S/c1-25-11-3-2-4-12-13(11)14(22-26-12)21-15(24)23(27)8-5-6-10(17)9(7-8)16(18,19)20/h2-7,27H,1H3,(H,21,22,24). The van der Waals surface area contributed by atoms with Crippen LogP contribution < -0.4 is 14.4 Å². The van der Waals surface area contributed by atoms with Crippen molar-refractivity contribution in [1.82, 2.24) is 5.16 Å². The summed E-state index contributed by atoms with van der Waals surface area (Å²) in [5.41, 5.74) is -0.851. The SMILES string of the molecule is COc1cccc2onc(NC(=O)N(S)c3ccc(Cl)c(C(F)(F)F)c3)c12. The molecule has 11 heteroatoms. The average molecular weight is 418 g/mol. The molecule has 1 heterocycles. The Hall–Kier alpha value is -2.59. The Balaban J connectivity index is 1.89. The van der Waals surface area contributed by atoms with Gasteiger partial charge in [-0.05, 0) is 30.3 Å². The van der Waals surface area contributed by atoms with Crippen LogP contribution in [-0.2, 0) is 6.18 Å². The van der Waals surface area contributed by atoms with E-state index in [1.54, 1.807) is 18.2 Å². The van der Waals surface area contributed by atoms with E-state index in [0.717, 1.165) is 12.1 Å². The Morgan fingerprint density at radius 1 is 1.33 bits per heavy atom. The van der Waals surface area contributed by atoms with E-state index < -0.39 is 22.8 Å². The highest BCUT2D eigenvalue weighted by Crippen LogP contribution is 2.37. The first-order valence-electron chi connectivity index (χ1n) is 7.31. The predicted molar refractivity (Wildman–Crippen MR) is 97.5 cm³/mol. The maximum absolute atomic E-state index is 13.0. The fourth-order valence-corrected chi connectivity index (χ4v) is 2.75. The van der Waals surface area contributed by atoms with Gasteiger partial charge in [0.25, 0.3) is 0 Å². The third-order valence-electron chi connectivity index (χ3n) is 3.60. The molecule has 0 atom stereocenters. The molecule has 0 fully saturated rings. The lowest BCUT2D eigenvalue weighted by Gasteiger charge is -2.18. The zero-order chi connectivity index (χ0) is 19.8. The van der Waals surface area contributed by atoms with Crippen LogP contribution in [-0.4, -0.2) is 18.3 Å². The Labute approximate surface area is 161 Å². The number of methoxy groups -OCH3 is 1. The normalized spacial score (nSPS) is 11.5. The molecule has 0 saturated carbocycles. The Bertz CT molecular complexity index is 1010. The molecule has 1 aromatic heterocycles. The maximum atomic E-state index is 13.0. The quantitative estimate of drug-likeness (QED) is 0.560. The van der Waals surface area contributed by atoms with Crippen molar-refractivity contribution >= 4 is 52.9 Å². The van der Waals surface area contributed by atoms with Crippen LogP contribution in [0.1, 0.15) is 5.56 Å². The van der Waals surface area contributed by atoms with Gasteiger partial charge in [-0.15, -0.1) is 0 Å². The van der Waals surface area contributed by atoms with Crippen molar-refractivity contribution in [1.29, 1.82) is 0 Å². The molecular formula is C16H11ClF3N3O3S. The van der Waals surface area contributed by atoms with Gasteiger partial charge in [0.15, 0.2) is 11.4 Å². The van der Waals surface area contributed by atoms with Gasteiger partial charge in [0.2, 0.25) is 0 Å². The van der Waals surface area contributed by atoms with Gasteiger partial charge >= 0.3 is 12.2 Å². The van der Waals surface area contributed by atoms with Crippen molar-refractivity contribution in [2.75, 3.05) is 16.7 Å². The summed E-state index contributed by atoms with van der Waals surface area (Å²) in [5.74, 6) is 0.442. The number of ether oxygens (including phenoxy) is 1. The fraction of sp³-hybridized carbons (Fsp3) is 0.125. The number of amides is 2. The molecule has 2 amide bonds. The molecule has 0 spiro atoms. The highest BCUT2D eigenvalue weighted by Gasteiger charge is 2.34. The van der Waals surface area contributed by atoms with Crippen LogP contribution in [0.2, 0.25) is 5.02 Å². The zero-order valence-electron chi connectivity index (χ0n) is 13.5. The van der Waals surface area contributed by atoms with E-state index in [1.807, 2.05) is 0 Å². The Kier molecular flexibility index (Phi) is 5.11. The minimum absolute atomic E-state index is 0.0384. The lowest BCUT2D eigenvalue weighted by atomic mass is 10.2. The van der Waals surface area contributed by atoms with Crippen LogP contribution in [0.4, 0.5) is 29.5 Å². The van der Waals surface area contributed by atoms with Gasteiger partial charge in [0.1, 0.15) is 11.1 Å². The summed E-state index contributed by atoms with van der Waals surface area (Å²) in [6.07, 6.45) is -4.67. The summed E-state index contributed by atoms with van der Waals surface area (Å²) in [6.45, 7) is 0. The number of nitrogens with zero attached hydrogens (tertiary/aromatic N) is 2. The summed E-state index contributed by atoms with van der Waals surface area (Å²) in [4.78, 5) is 12.4. The van der Waals surface area contributed by atoms with Crippen molar-refractivity contribution in [3.05, 3.63) is 47.0 Å². The third-order valence-corrected chi connectivity index (χ3v) is 4.34. The highest BCUT2D eigenvalue weighted by atomic mass is 35.5. The number of fused-ring (bicyclic) bond motifs is 1. The van der Waals surface area contributed by atoms with E-state index in [-0.39, 0.29) is 11.5 Å². The summed E-state index contributed by atoms with van der Waals surface area (Å²) in [7, 11) is 1.44. The lowest BCUT2D eigenvalue weighted by molar-refractivity contribution is -0.137. The van der Waals surface area contributed by atoms with Crippen molar-refractivity contribution in [3.8, 4) is 5.75 Å². The van der Waals surface area contributed by atoms with E-state index in [9.17, 15) is 18.0 Å². The molecule has 3 rings (SSSR count). The number of benzene rings is 2. The zero-order valence-corrected chi connectivity index (χ0v) is 15.2.